The second kappa shape index (κ2) is 11.4. The molecule has 7 nitrogen and oxygen atoms in total. The minimum atomic E-state index is -1.82. The highest BCUT2D eigenvalue weighted by atomic mass is 35.6. The highest BCUT2D eigenvalue weighted by Crippen LogP contribution is 2.48. The summed E-state index contributed by atoms with van der Waals surface area (Å²) < 4.78 is 5.31. The number of nitriles is 1. The third-order valence-corrected chi connectivity index (χ3v) is 8.49. The van der Waals surface area contributed by atoms with Gasteiger partial charge in [0.15, 0.2) is 9.55 Å². The molecule has 0 bridgehead atoms. The van der Waals surface area contributed by atoms with Crippen LogP contribution in [-0.2, 0) is 10.2 Å². The first-order valence-corrected chi connectivity index (χ1v) is 14.8. The summed E-state index contributed by atoms with van der Waals surface area (Å²) in [4.78, 5) is 26.4. The molecule has 5 rings (SSSR count). The number of carbonyl (C=O) groups is 2. The van der Waals surface area contributed by atoms with Gasteiger partial charge in [0.2, 0.25) is 0 Å². The zero-order valence-electron chi connectivity index (χ0n) is 21.7. The molecule has 4 aromatic rings. The number of hydrogen-bond donors (Lipinski definition) is 1. The number of hydrogen-bond acceptors (Lipinski definition) is 5. The third kappa shape index (κ3) is 5.53. The van der Waals surface area contributed by atoms with Crippen molar-refractivity contribution >= 4 is 98.5 Å². The van der Waals surface area contributed by atoms with Crippen molar-refractivity contribution in [2.75, 3.05) is 0 Å². The summed E-state index contributed by atoms with van der Waals surface area (Å²) in [5.41, 5.74) is 0.838. The van der Waals surface area contributed by atoms with Gasteiger partial charge >= 0.3 is 5.97 Å². The average molecular weight is 686 g/mol. The maximum Gasteiger partial charge on any atom is 0.331 e. The van der Waals surface area contributed by atoms with E-state index in [1.165, 1.54) is 22.8 Å². The molecule has 1 aliphatic rings. The summed E-state index contributed by atoms with van der Waals surface area (Å²) in [6.45, 7) is 1.78. The Morgan fingerprint density at radius 3 is 2.40 bits per heavy atom. The van der Waals surface area contributed by atoms with Crippen molar-refractivity contribution in [3.8, 4) is 17.3 Å². The zero-order chi connectivity index (χ0) is 30.6. The number of aryl methyl sites for hydroxylation is 1. The molecule has 1 saturated carbocycles. The van der Waals surface area contributed by atoms with E-state index in [0.717, 1.165) is 6.42 Å². The quantitative estimate of drug-likeness (QED) is 0.160. The van der Waals surface area contributed by atoms with Crippen molar-refractivity contribution in [2.45, 2.75) is 41.8 Å². The van der Waals surface area contributed by atoms with Crippen molar-refractivity contribution in [2.24, 2.45) is 0 Å². The van der Waals surface area contributed by atoms with Crippen molar-refractivity contribution in [1.29, 1.82) is 5.26 Å². The fourth-order valence-corrected chi connectivity index (χ4v) is 6.62. The van der Waals surface area contributed by atoms with Gasteiger partial charge in [0.1, 0.15) is 16.7 Å². The molecule has 216 valence electrons. The number of alkyl halides is 3. The third-order valence-electron chi connectivity index (χ3n) is 7.27. The molecule has 2 aromatic heterocycles. The maximum atomic E-state index is 14.5. The van der Waals surface area contributed by atoms with Gasteiger partial charge in [0.05, 0.1) is 21.6 Å². The van der Waals surface area contributed by atoms with Crippen LogP contribution in [0.3, 0.4) is 0 Å². The fourth-order valence-electron chi connectivity index (χ4n) is 5.19. The van der Waals surface area contributed by atoms with Crippen LogP contribution in [-0.4, -0.2) is 30.5 Å². The summed E-state index contributed by atoms with van der Waals surface area (Å²) in [5, 5.41) is 25.2. The Hall–Kier alpha value is -2.70. The number of fused-ring (bicyclic) bond motifs is 1. The van der Waals surface area contributed by atoms with Gasteiger partial charge in [0, 0.05) is 34.2 Å². The van der Waals surface area contributed by atoms with Crippen LogP contribution in [0.15, 0.2) is 46.6 Å². The standard InChI is InChI=1S/C29H19Cl6N3O4/c1-14-12-38(20-5-2-4-15(21(14)20)8-16(27(40)41)11-29(33,34)35)26(39)23-24(22-18(31)9-17(30)10-19(22)32)37-42-25(23)28(13-36)6-3-7-28/h2,4-5,8-10,12H,3,6-7,11H2,1H3,(H,40,41)/b16-8+. The second-order valence-electron chi connectivity index (χ2n) is 10.0. The monoisotopic (exact) mass is 683 g/mol. The van der Waals surface area contributed by atoms with Crippen LogP contribution in [0.25, 0.3) is 28.2 Å². The molecule has 1 N–H and O–H groups in total. The minimum absolute atomic E-state index is 0.0441. The minimum Gasteiger partial charge on any atom is -0.478 e. The van der Waals surface area contributed by atoms with Crippen LogP contribution in [0.5, 0.6) is 0 Å². The van der Waals surface area contributed by atoms with Crippen LogP contribution in [0.2, 0.25) is 15.1 Å². The van der Waals surface area contributed by atoms with Crippen molar-refractivity contribution in [3.63, 3.8) is 0 Å². The topological polar surface area (TPSA) is 109 Å². The van der Waals surface area contributed by atoms with E-state index in [2.05, 4.69) is 11.2 Å². The molecule has 0 saturated heterocycles. The molecular weight excluding hydrogens is 667 g/mol. The Labute approximate surface area is 270 Å². The summed E-state index contributed by atoms with van der Waals surface area (Å²) >= 11 is 36.8. The SMILES string of the molecule is Cc1cn(C(=O)c2c(-c3c(Cl)cc(Cl)cc3Cl)noc2C2(C#N)CCC2)c2cccc(/C=C(\CC(Cl)(Cl)Cl)C(=O)O)c12. The summed E-state index contributed by atoms with van der Waals surface area (Å²) in [6, 6.07) is 10.3. The van der Waals surface area contributed by atoms with E-state index in [4.69, 9.17) is 74.1 Å². The van der Waals surface area contributed by atoms with Gasteiger partial charge in [-0.1, -0.05) is 86.9 Å². The molecule has 0 spiro atoms. The van der Waals surface area contributed by atoms with Crippen LogP contribution >= 0.6 is 69.6 Å². The first-order valence-electron chi connectivity index (χ1n) is 12.5. The molecule has 0 aliphatic heterocycles. The van der Waals surface area contributed by atoms with Crippen molar-refractivity contribution < 1.29 is 19.2 Å². The Kier molecular flexibility index (Phi) is 8.36. The maximum absolute atomic E-state index is 14.5. The van der Waals surface area contributed by atoms with Gasteiger partial charge < -0.3 is 9.63 Å². The molecule has 0 radical (unpaired) electrons. The zero-order valence-corrected chi connectivity index (χ0v) is 26.2. The molecule has 0 unspecified atom stereocenters. The summed E-state index contributed by atoms with van der Waals surface area (Å²) in [5.74, 6) is -1.65. The highest BCUT2D eigenvalue weighted by Gasteiger charge is 2.47. The summed E-state index contributed by atoms with van der Waals surface area (Å²) in [6.07, 6.45) is 4.45. The molecule has 13 heteroatoms. The number of carboxylic acid groups (broad SMARTS) is 1. The lowest BCUT2D eigenvalue weighted by atomic mass is 9.67. The highest BCUT2D eigenvalue weighted by molar-refractivity contribution is 6.67. The lowest BCUT2D eigenvalue weighted by Crippen LogP contribution is -2.34. The normalized spacial score (nSPS) is 15.0. The van der Waals surface area contributed by atoms with Crippen molar-refractivity contribution in [1.82, 2.24) is 9.72 Å². The molecule has 0 amide bonds. The average Bonchev–Trinajstić information content (AvgIpc) is 3.44. The number of nitrogens with zero attached hydrogens (tertiary/aromatic N) is 3. The smallest absolute Gasteiger partial charge is 0.331 e. The number of benzene rings is 2. The Bertz CT molecular complexity index is 1820. The van der Waals surface area contributed by atoms with Gasteiger partial charge in [-0.15, -0.1) is 0 Å². The van der Waals surface area contributed by atoms with E-state index >= 15 is 0 Å². The molecule has 2 heterocycles. The van der Waals surface area contributed by atoms with Crippen LogP contribution < -0.4 is 0 Å². The Balaban J connectivity index is 1.73. The van der Waals surface area contributed by atoms with Crippen LogP contribution in [0, 0.1) is 18.3 Å². The van der Waals surface area contributed by atoms with Crippen molar-refractivity contribution in [3.05, 3.63) is 79.6 Å². The van der Waals surface area contributed by atoms with Gasteiger partial charge in [0.25, 0.3) is 5.91 Å². The molecule has 2 aromatic carbocycles. The lowest BCUT2D eigenvalue weighted by Gasteiger charge is -2.33. The Morgan fingerprint density at radius 1 is 1.19 bits per heavy atom. The van der Waals surface area contributed by atoms with E-state index in [1.54, 1.807) is 31.3 Å². The molecular formula is C29H19Cl6N3O4. The molecule has 1 fully saturated rings. The fraction of sp³-hybridized carbons (Fsp3) is 0.241. The predicted octanol–water partition coefficient (Wildman–Crippen LogP) is 9.43. The van der Waals surface area contributed by atoms with Crippen LogP contribution in [0.4, 0.5) is 0 Å². The van der Waals surface area contributed by atoms with E-state index in [9.17, 15) is 20.0 Å². The van der Waals surface area contributed by atoms with E-state index in [-0.39, 0.29) is 44.6 Å². The summed E-state index contributed by atoms with van der Waals surface area (Å²) in [7, 11) is 0. The number of carbonyl (C=O) groups excluding carboxylic acids is 1. The van der Waals surface area contributed by atoms with Gasteiger partial charge in [-0.25, -0.2) is 4.79 Å². The number of aliphatic carboxylic acids is 1. The predicted molar refractivity (Wildman–Crippen MR) is 165 cm³/mol. The molecule has 1 aliphatic carbocycles. The van der Waals surface area contributed by atoms with Gasteiger partial charge in [-0.3, -0.25) is 9.36 Å². The largest absolute Gasteiger partial charge is 0.478 e. The first kappa shape index (κ1) is 30.7. The van der Waals surface area contributed by atoms with E-state index in [1.807, 2.05) is 0 Å². The number of carboxylic acids is 1. The van der Waals surface area contributed by atoms with E-state index < -0.39 is 21.1 Å². The number of halogens is 6. The second-order valence-corrected chi connectivity index (χ2v) is 13.8. The van der Waals surface area contributed by atoms with Crippen LogP contribution in [0.1, 0.15) is 52.9 Å². The van der Waals surface area contributed by atoms with E-state index in [0.29, 0.717) is 39.9 Å². The first-order chi connectivity index (χ1) is 19.8. The Morgan fingerprint density at radius 2 is 1.86 bits per heavy atom. The van der Waals surface area contributed by atoms with Gasteiger partial charge in [-0.2, -0.15) is 5.26 Å². The van der Waals surface area contributed by atoms with Gasteiger partial charge in [-0.05, 0) is 61.6 Å². The molecule has 42 heavy (non-hydrogen) atoms. The number of rotatable bonds is 6. The number of aromatic nitrogens is 2. The molecule has 0 atom stereocenters. The lowest BCUT2D eigenvalue weighted by molar-refractivity contribution is -0.132.